The molecular formula is C19H26N2O4S. The Labute approximate surface area is 157 Å². The number of aryl methyl sites for hydroxylation is 1. The molecular weight excluding hydrogens is 352 g/mol. The lowest BCUT2D eigenvalue weighted by molar-refractivity contribution is -0.137. The summed E-state index contributed by atoms with van der Waals surface area (Å²) in [5.74, 6) is -0.683. The van der Waals surface area contributed by atoms with Gasteiger partial charge in [-0.1, -0.05) is 0 Å². The molecule has 0 unspecified atom stereocenters. The number of hydrogen-bond acceptors (Lipinski definition) is 5. The predicted octanol–water partition coefficient (Wildman–Crippen LogP) is 3.27. The lowest BCUT2D eigenvalue weighted by atomic mass is 10.0. The monoisotopic (exact) mass is 378 g/mol. The van der Waals surface area contributed by atoms with Gasteiger partial charge in [-0.3, -0.25) is 9.59 Å². The maximum Gasteiger partial charge on any atom is 0.341 e. The van der Waals surface area contributed by atoms with Crippen LogP contribution in [-0.4, -0.2) is 41.9 Å². The number of rotatable bonds is 5. The van der Waals surface area contributed by atoms with Gasteiger partial charge in [0.25, 0.3) is 5.91 Å². The van der Waals surface area contributed by atoms with Crippen LogP contribution < -0.4 is 5.32 Å². The van der Waals surface area contributed by atoms with Crippen LogP contribution in [0.1, 0.15) is 59.8 Å². The van der Waals surface area contributed by atoms with Gasteiger partial charge in [0, 0.05) is 23.4 Å². The number of carbonyl (C=O) groups excluding carboxylic acids is 3. The number of esters is 1. The molecule has 2 fully saturated rings. The van der Waals surface area contributed by atoms with E-state index in [2.05, 4.69) is 5.32 Å². The van der Waals surface area contributed by atoms with E-state index in [4.69, 9.17) is 4.74 Å². The maximum atomic E-state index is 12.6. The lowest BCUT2D eigenvalue weighted by Crippen LogP contribution is -2.44. The van der Waals surface area contributed by atoms with Crippen molar-refractivity contribution in [1.82, 2.24) is 4.90 Å². The van der Waals surface area contributed by atoms with Crippen LogP contribution in [0, 0.1) is 19.8 Å². The summed E-state index contributed by atoms with van der Waals surface area (Å²) in [6.07, 6.45) is 4.90. The van der Waals surface area contributed by atoms with Gasteiger partial charge in [-0.15, -0.1) is 11.3 Å². The summed E-state index contributed by atoms with van der Waals surface area (Å²) in [5, 5.41) is 3.38. The van der Waals surface area contributed by atoms with E-state index in [1.807, 2.05) is 20.8 Å². The third-order valence-electron chi connectivity index (χ3n) is 5.22. The van der Waals surface area contributed by atoms with Crippen molar-refractivity contribution in [2.24, 2.45) is 5.92 Å². The Kier molecular flexibility index (Phi) is 5.65. The first kappa shape index (κ1) is 18.9. The summed E-state index contributed by atoms with van der Waals surface area (Å²) in [7, 11) is 0. The predicted molar refractivity (Wildman–Crippen MR) is 100 cm³/mol. The van der Waals surface area contributed by atoms with Gasteiger partial charge < -0.3 is 15.0 Å². The van der Waals surface area contributed by atoms with E-state index in [1.165, 1.54) is 11.3 Å². The van der Waals surface area contributed by atoms with Gasteiger partial charge in [0.1, 0.15) is 5.00 Å². The minimum absolute atomic E-state index is 0.0430. The molecule has 6 nitrogen and oxygen atoms in total. The number of amides is 2. The Hall–Kier alpha value is -1.89. The number of anilines is 1. The number of piperidine rings is 1. The fourth-order valence-corrected chi connectivity index (χ4v) is 4.32. The largest absolute Gasteiger partial charge is 0.452 e. The minimum Gasteiger partial charge on any atom is -0.452 e. The van der Waals surface area contributed by atoms with Crippen LogP contribution in [0.5, 0.6) is 0 Å². The maximum absolute atomic E-state index is 12.6. The average Bonchev–Trinajstić information content (AvgIpc) is 3.41. The zero-order chi connectivity index (χ0) is 18.8. The average molecular weight is 378 g/mol. The SMILES string of the molecule is Cc1sc(NC(=O)C2CC2)c(C(=O)OCC(=O)N2CCCC[C@@H]2C)c1C. The van der Waals surface area contributed by atoms with Gasteiger partial charge >= 0.3 is 5.97 Å². The number of carbonyl (C=O) groups is 3. The molecule has 1 aromatic heterocycles. The van der Waals surface area contributed by atoms with Gasteiger partial charge in [0.05, 0.1) is 5.56 Å². The second-order valence-electron chi connectivity index (χ2n) is 7.26. The number of hydrogen-bond donors (Lipinski definition) is 1. The van der Waals surface area contributed by atoms with Crippen LogP contribution in [0.4, 0.5) is 5.00 Å². The number of nitrogens with zero attached hydrogens (tertiary/aromatic N) is 1. The Balaban J connectivity index is 1.65. The quantitative estimate of drug-likeness (QED) is 0.798. The third kappa shape index (κ3) is 4.09. The summed E-state index contributed by atoms with van der Waals surface area (Å²) in [4.78, 5) is 39.8. The Morgan fingerprint density at radius 1 is 1.19 bits per heavy atom. The van der Waals surface area contributed by atoms with Crippen LogP contribution in [0.3, 0.4) is 0 Å². The molecule has 7 heteroatoms. The van der Waals surface area contributed by atoms with Crippen molar-refractivity contribution in [3.63, 3.8) is 0 Å². The highest BCUT2D eigenvalue weighted by Gasteiger charge is 2.32. The molecule has 2 aliphatic rings. The fourth-order valence-electron chi connectivity index (χ4n) is 3.27. The van der Waals surface area contributed by atoms with Crippen LogP contribution in [0.25, 0.3) is 0 Å². The lowest BCUT2D eigenvalue weighted by Gasteiger charge is -2.33. The van der Waals surface area contributed by atoms with E-state index in [0.29, 0.717) is 10.6 Å². The second-order valence-corrected chi connectivity index (χ2v) is 8.48. The minimum atomic E-state index is -0.545. The van der Waals surface area contributed by atoms with Crippen molar-refractivity contribution in [3.05, 3.63) is 16.0 Å². The summed E-state index contributed by atoms with van der Waals surface area (Å²) in [6, 6.07) is 0.188. The van der Waals surface area contributed by atoms with E-state index in [9.17, 15) is 14.4 Å². The van der Waals surface area contributed by atoms with E-state index < -0.39 is 5.97 Å². The highest BCUT2D eigenvalue weighted by atomic mass is 32.1. The molecule has 1 N–H and O–H groups in total. The molecule has 0 spiro atoms. The van der Waals surface area contributed by atoms with E-state index >= 15 is 0 Å². The highest BCUT2D eigenvalue weighted by molar-refractivity contribution is 7.16. The van der Waals surface area contributed by atoms with Crippen molar-refractivity contribution in [2.75, 3.05) is 18.5 Å². The smallest absolute Gasteiger partial charge is 0.341 e. The topological polar surface area (TPSA) is 75.7 Å². The third-order valence-corrected chi connectivity index (χ3v) is 6.35. The number of ether oxygens (including phenoxy) is 1. The molecule has 1 aromatic rings. The first-order chi connectivity index (χ1) is 12.4. The van der Waals surface area contributed by atoms with Crippen molar-refractivity contribution < 1.29 is 19.1 Å². The van der Waals surface area contributed by atoms with Crippen LogP contribution in [0.15, 0.2) is 0 Å². The van der Waals surface area contributed by atoms with E-state index in [1.54, 1.807) is 4.90 Å². The van der Waals surface area contributed by atoms with Gasteiger partial charge in [-0.2, -0.15) is 0 Å². The number of thiophene rings is 1. The molecule has 3 rings (SSSR count). The molecule has 1 saturated carbocycles. The normalized spacial score (nSPS) is 20.0. The molecule has 0 aromatic carbocycles. The molecule has 1 aliphatic heterocycles. The number of likely N-dealkylation sites (tertiary alicyclic amines) is 1. The van der Waals surface area contributed by atoms with Gasteiger partial charge in [0.15, 0.2) is 6.61 Å². The van der Waals surface area contributed by atoms with Gasteiger partial charge in [0.2, 0.25) is 5.91 Å². The van der Waals surface area contributed by atoms with Crippen LogP contribution in [-0.2, 0) is 14.3 Å². The fraction of sp³-hybridized carbons (Fsp3) is 0.632. The van der Waals surface area contributed by atoms with Crippen LogP contribution in [0.2, 0.25) is 0 Å². The van der Waals surface area contributed by atoms with Crippen molar-refractivity contribution in [1.29, 1.82) is 0 Å². The first-order valence-corrected chi connectivity index (χ1v) is 10.1. The summed E-state index contributed by atoms with van der Waals surface area (Å²) >= 11 is 1.38. The Morgan fingerprint density at radius 2 is 1.92 bits per heavy atom. The standard InChI is InChI=1S/C19H26N2O4S/c1-11-6-4-5-9-21(11)15(22)10-25-19(24)16-12(2)13(3)26-18(16)20-17(23)14-7-8-14/h11,14H,4-10H2,1-3H3,(H,20,23)/t11-/m0/s1. The van der Waals surface area contributed by atoms with Crippen molar-refractivity contribution >= 4 is 34.1 Å². The van der Waals surface area contributed by atoms with Gasteiger partial charge in [-0.05, 0) is 58.4 Å². The number of nitrogens with one attached hydrogen (secondary N) is 1. The Bertz CT molecular complexity index is 723. The first-order valence-electron chi connectivity index (χ1n) is 9.26. The molecule has 1 atom stereocenters. The Morgan fingerprint density at radius 3 is 2.58 bits per heavy atom. The molecule has 0 bridgehead atoms. The van der Waals surface area contributed by atoms with Gasteiger partial charge in [-0.25, -0.2) is 4.79 Å². The summed E-state index contributed by atoms with van der Waals surface area (Å²) < 4.78 is 5.31. The molecule has 0 radical (unpaired) electrons. The van der Waals surface area contributed by atoms with E-state index in [0.717, 1.165) is 49.1 Å². The molecule has 1 saturated heterocycles. The summed E-state index contributed by atoms with van der Waals surface area (Å²) in [5.41, 5.74) is 1.17. The van der Waals surface area contributed by atoms with Crippen molar-refractivity contribution in [2.45, 2.75) is 58.9 Å². The molecule has 142 valence electrons. The highest BCUT2D eigenvalue weighted by Crippen LogP contribution is 2.36. The van der Waals surface area contributed by atoms with Crippen LogP contribution >= 0.6 is 11.3 Å². The zero-order valence-electron chi connectivity index (χ0n) is 15.6. The molecule has 2 heterocycles. The zero-order valence-corrected chi connectivity index (χ0v) is 16.4. The van der Waals surface area contributed by atoms with E-state index in [-0.39, 0.29) is 30.4 Å². The summed E-state index contributed by atoms with van der Waals surface area (Å²) in [6.45, 7) is 6.23. The molecule has 2 amide bonds. The molecule has 1 aliphatic carbocycles. The molecule has 26 heavy (non-hydrogen) atoms. The second kappa shape index (κ2) is 7.78. The van der Waals surface area contributed by atoms with Crippen molar-refractivity contribution in [3.8, 4) is 0 Å².